The zero-order valence-corrected chi connectivity index (χ0v) is 13.9. The van der Waals surface area contributed by atoms with Gasteiger partial charge in [-0.2, -0.15) is 0 Å². The second kappa shape index (κ2) is 6.59. The van der Waals surface area contributed by atoms with Gasteiger partial charge in [0, 0.05) is 24.2 Å². The predicted molar refractivity (Wildman–Crippen MR) is 92.6 cm³/mol. The highest BCUT2D eigenvalue weighted by Crippen LogP contribution is 2.47. The van der Waals surface area contributed by atoms with E-state index >= 15 is 0 Å². The number of carboxylic acid groups (broad SMARTS) is 1. The van der Waals surface area contributed by atoms with Gasteiger partial charge in [-0.15, -0.1) is 0 Å². The summed E-state index contributed by atoms with van der Waals surface area (Å²) in [7, 11) is 0. The third kappa shape index (κ3) is 3.25. The van der Waals surface area contributed by atoms with Crippen molar-refractivity contribution in [1.29, 1.82) is 0 Å². The molecular weight excluding hydrogens is 302 g/mol. The van der Waals surface area contributed by atoms with Crippen LogP contribution in [0.1, 0.15) is 44.6 Å². The highest BCUT2D eigenvalue weighted by molar-refractivity contribution is 5.84. The second-order valence-corrected chi connectivity index (χ2v) is 6.99. The summed E-state index contributed by atoms with van der Waals surface area (Å²) in [6, 6.07) is 9.07. The van der Waals surface area contributed by atoms with Crippen LogP contribution in [0.4, 0.5) is 5.82 Å². The molecule has 1 saturated carbocycles. The number of hydrogen-bond acceptors (Lipinski definition) is 4. The van der Waals surface area contributed by atoms with Crippen molar-refractivity contribution in [3.05, 3.63) is 54.5 Å². The second-order valence-electron chi connectivity index (χ2n) is 6.99. The molecule has 0 spiro atoms. The minimum absolute atomic E-state index is 0.00396. The van der Waals surface area contributed by atoms with E-state index in [1.807, 2.05) is 18.2 Å². The molecule has 1 unspecified atom stereocenters. The molecule has 5 nitrogen and oxygen atoms in total. The summed E-state index contributed by atoms with van der Waals surface area (Å²) in [5, 5.41) is 13.4. The summed E-state index contributed by atoms with van der Waals surface area (Å²) in [5.41, 5.74) is -0.575. The van der Waals surface area contributed by atoms with Crippen LogP contribution < -0.4 is 5.32 Å². The highest BCUT2D eigenvalue weighted by atomic mass is 16.4. The molecule has 2 N–H and O–H groups in total. The monoisotopic (exact) mass is 325 g/mol. The number of aromatic nitrogens is 2. The van der Waals surface area contributed by atoms with E-state index in [1.165, 1.54) is 0 Å². The molecule has 0 aromatic carbocycles. The van der Waals surface area contributed by atoms with Gasteiger partial charge in [0.1, 0.15) is 5.82 Å². The van der Waals surface area contributed by atoms with Crippen LogP contribution in [-0.2, 0) is 10.3 Å². The maximum absolute atomic E-state index is 12.4. The molecule has 1 aliphatic rings. The maximum Gasteiger partial charge on any atom is 0.334 e. The van der Waals surface area contributed by atoms with Gasteiger partial charge in [-0.25, -0.2) is 9.78 Å². The molecule has 3 rings (SSSR count). The van der Waals surface area contributed by atoms with Gasteiger partial charge in [0.2, 0.25) is 0 Å². The van der Waals surface area contributed by atoms with Crippen LogP contribution in [0.3, 0.4) is 0 Å². The van der Waals surface area contributed by atoms with Gasteiger partial charge < -0.3 is 10.4 Å². The lowest BCUT2D eigenvalue weighted by Crippen LogP contribution is -2.47. The molecule has 24 heavy (non-hydrogen) atoms. The zero-order valence-electron chi connectivity index (χ0n) is 13.9. The van der Waals surface area contributed by atoms with Gasteiger partial charge in [-0.3, -0.25) is 4.98 Å². The van der Waals surface area contributed by atoms with Crippen LogP contribution in [0, 0.1) is 5.41 Å². The van der Waals surface area contributed by atoms with Gasteiger partial charge in [0.05, 0.1) is 0 Å². The number of pyridine rings is 2. The number of nitrogens with zero attached hydrogens (tertiary/aromatic N) is 2. The number of carboxylic acids is 1. The number of carbonyl (C=O) groups is 1. The van der Waals surface area contributed by atoms with Crippen molar-refractivity contribution < 1.29 is 9.90 Å². The van der Waals surface area contributed by atoms with Crippen LogP contribution in [0.2, 0.25) is 0 Å². The predicted octanol–water partition coefficient (Wildman–Crippen LogP) is 3.84. The molecule has 5 heteroatoms. The van der Waals surface area contributed by atoms with Crippen LogP contribution in [0.25, 0.3) is 0 Å². The Balaban J connectivity index is 2.05. The van der Waals surface area contributed by atoms with Crippen molar-refractivity contribution in [2.75, 3.05) is 5.32 Å². The minimum Gasteiger partial charge on any atom is -0.479 e. The lowest BCUT2D eigenvalue weighted by atomic mass is 9.73. The Morgan fingerprint density at radius 1 is 1.25 bits per heavy atom. The van der Waals surface area contributed by atoms with Gasteiger partial charge in [0.25, 0.3) is 0 Å². The van der Waals surface area contributed by atoms with Gasteiger partial charge in [-0.05, 0) is 42.9 Å². The lowest BCUT2D eigenvalue weighted by Gasteiger charge is -2.38. The molecule has 0 bridgehead atoms. The Morgan fingerprint density at radius 2 is 2.04 bits per heavy atom. The lowest BCUT2D eigenvalue weighted by molar-refractivity contribution is -0.144. The van der Waals surface area contributed by atoms with Crippen LogP contribution in [-0.4, -0.2) is 21.0 Å². The van der Waals surface area contributed by atoms with E-state index in [4.69, 9.17) is 0 Å². The fraction of sp³-hybridized carbons (Fsp3) is 0.421. The number of aliphatic carboxylic acids is 1. The Kier molecular flexibility index (Phi) is 4.51. The van der Waals surface area contributed by atoms with Gasteiger partial charge in [0.15, 0.2) is 5.54 Å². The molecule has 0 saturated heterocycles. The first-order valence-corrected chi connectivity index (χ1v) is 8.37. The number of anilines is 1. The summed E-state index contributed by atoms with van der Waals surface area (Å²) >= 11 is 0. The fourth-order valence-corrected chi connectivity index (χ4v) is 3.79. The van der Waals surface area contributed by atoms with Crippen LogP contribution in [0.15, 0.2) is 48.9 Å². The van der Waals surface area contributed by atoms with Crippen molar-refractivity contribution in [3.8, 4) is 0 Å². The van der Waals surface area contributed by atoms with E-state index in [2.05, 4.69) is 22.2 Å². The van der Waals surface area contributed by atoms with E-state index < -0.39 is 11.5 Å². The number of rotatable bonds is 6. The first-order chi connectivity index (χ1) is 11.5. The summed E-state index contributed by atoms with van der Waals surface area (Å²) < 4.78 is 0. The molecule has 1 atom stereocenters. The minimum atomic E-state index is -1.23. The average Bonchev–Trinajstić information content (AvgIpc) is 3.02. The van der Waals surface area contributed by atoms with Crippen molar-refractivity contribution in [3.63, 3.8) is 0 Å². The van der Waals surface area contributed by atoms with Crippen LogP contribution in [0.5, 0.6) is 0 Å². The van der Waals surface area contributed by atoms with Gasteiger partial charge >= 0.3 is 5.97 Å². The van der Waals surface area contributed by atoms with E-state index in [0.717, 1.165) is 25.7 Å². The summed E-state index contributed by atoms with van der Waals surface area (Å²) in [4.78, 5) is 20.9. The normalized spacial score (nSPS) is 18.7. The van der Waals surface area contributed by atoms with E-state index in [9.17, 15) is 9.90 Å². The van der Waals surface area contributed by atoms with Crippen molar-refractivity contribution >= 4 is 11.8 Å². The van der Waals surface area contributed by atoms with Crippen LogP contribution >= 0.6 is 0 Å². The maximum atomic E-state index is 12.4. The Morgan fingerprint density at radius 3 is 2.62 bits per heavy atom. The summed E-state index contributed by atoms with van der Waals surface area (Å²) in [6.07, 6.45) is 9.88. The standard InChI is InChI=1S/C19H23N3O2/c1-18(9-3-4-10-18)14-19(17(23)24,15-7-6-11-20-13-15)22-16-8-2-5-12-21-16/h2,5-8,11-13H,3-4,9-10,14H2,1H3,(H,21,22)(H,23,24). The Labute approximate surface area is 142 Å². The molecule has 2 aromatic heterocycles. The quantitative estimate of drug-likeness (QED) is 0.844. The molecule has 1 fully saturated rings. The summed E-state index contributed by atoms with van der Waals surface area (Å²) in [6.45, 7) is 2.19. The van der Waals surface area contributed by atoms with Crippen molar-refractivity contribution in [2.45, 2.75) is 44.6 Å². The molecule has 126 valence electrons. The molecule has 2 aromatic rings. The third-order valence-corrected chi connectivity index (χ3v) is 5.03. The fourth-order valence-electron chi connectivity index (χ4n) is 3.79. The van der Waals surface area contributed by atoms with E-state index in [0.29, 0.717) is 17.8 Å². The number of hydrogen-bond donors (Lipinski definition) is 2. The molecular formula is C19H23N3O2. The van der Waals surface area contributed by atoms with Gasteiger partial charge in [-0.1, -0.05) is 31.9 Å². The smallest absolute Gasteiger partial charge is 0.334 e. The van der Waals surface area contributed by atoms with Crippen molar-refractivity contribution in [1.82, 2.24) is 9.97 Å². The zero-order chi connectivity index (χ0) is 17.0. The van der Waals surface area contributed by atoms with E-state index in [-0.39, 0.29) is 5.41 Å². The number of nitrogens with one attached hydrogen (secondary N) is 1. The highest BCUT2D eigenvalue weighted by Gasteiger charge is 2.47. The first-order valence-electron chi connectivity index (χ1n) is 8.37. The molecule has 1 aliphatic carbocycles. The third-order valence-electron chi connectivity index (χ3n) is 5.03. The molecule has 0 aliphatic heterocycles. The topological polar surface area (TPSA) is 75.1 Å². The largest absolute Gasteiger partial charge is 0.479 e. The SMILES string of the molecule is CC1(CC(Nc2ccccn2)(C(=O)O)c2cccnc2)CCCC1. The average molecular weight is 325 g/mol. The van der Waals surface area contributed by atoms with Crippen molar-refractivity contribution in [2.24, 2.45) is 5.41 Å². The molecule has 2 heterocycles. The first kappa shape index (κ1) is 16.4. The van der Waals surface area contributed by atoms with E-state index in [1.54, 1.807) is 30.7 Å². The molecule has 0 amide bonds. The Hall–Kier alpha value is -2.43. The molecule has 0 radical (unpaired) electrons. The Bertz CT molecular complexity index is 684. The summed E-state index contributed by atoms with van der Waals surface area (Å²) in [5.74, 6) is -0.334.